The van der Waals surface area contributed by atoms with Crippen molar-refractivity contribution in [1.29, 1.82) is 0 Å². The van der Waals surface area contributed by atoms with Crippen molar-refractivity contribution in [3.05, 3.63) is 10.4 Å². The third kappa shape index (κ3) is 0.860. The van der Waals surface area contributed by atoms with Crippen LogP contribution in [-0.2, 0) is 0 Å². The number of nitrogens with zero attached hydrogens (tertiary/aromatic N) is 3. The SMILES string of the molecule is C[C@@]1(F)[C@@H]2C[C@H](O)[C@](C)(N=[N+]=[N-])[C@@H]21. The van der Waals surface area contributed by atoms with Crippen molar-refractivity contribution in [2.24, 2.45) is 17.0 Å². The molecule has 1 N–H and O–H groups in total. The molecule has 4 nitrogen and oxygen atoms in total. The van der Waals surface area contributed by atoms with Crippen LogP contribution in [0.2, 0.25) is 0 Å². The van der Waals surface area contributed by atoms with Gasteiger partial charge in [0.2, 0.25) is 0 Å². The Hall–Kier alpha value is -0.800. The fourth-order valence-electron chi connectivity index (χ4n) is 2.82. The molecule has 0 spiro atoms. The Morgan fingerprint density at radius 2 is 2.23 bits per heavy atom. The van der Waals surface area contributed by atoms with Gasteiger partial charge in [0.15, 0.2) is 0 Å². The van der Waals surface area contributed by atoms with Gasteiger partial charge in [-0.25, -0.2) is 4.39 Å². The maximum absolute atomic E-state index is 13.6. The van der Waals surface area contributed by atoms with Gasteiger partial charge in [-0.05, 0) is 18.9 Å². The average molecular weight is 185 g/mol. The van der Waals surface area contributed by atoms with Crippen LogP contribution in [0.15, 0.2) is 5.11 Å². The summed E-state index contributed by atoms with van der Waals surface area (Å²) in [4.78, 5) is 2.68. The fourth-order valence-corrected chi connectivity index (χ4v) is 2.82. The lowest BCUT2D eigenvalue weighted by molar-refractivity contribution is 0.0688. The van der Waals surface area contributed by atoms with Crippen molar-refractivity contribution in [3.8, 4) is 0 Å². The van der Waals surface area contributed by atoms with Gasteiger partial charge in [-0.3, -0.25) is 0 Å². The smallest absolute Gasteiger partial charge is 0.115 e. The van der Waals surface area contributed by atoms with Crippen molar-refractivity contribution in [2.45, 2.75) is 37.6 Å². The maximum Gasteiger partial charge on any atom is 0.115 e. The molecule has 5 heteroatoms. The number of fused-ring (bicyclic) bond motifs is 1. The highest BCUT2D eigenvalue weighted by Crippen LogP contribution is 2.67. The monoisotopic (exact) mass is 185 g/mol. The minimum Gasteiger partial charge on any atom is -0.392 e. The Morgan fingerprint density at radius 3 is 2.69 bits per heavy atom. The Balaban J connectivity index is 2.33. The first-order valence-electron chi connectivity index (χ1n) is 4.38. The van der Waals surface area contributed by atoms with Crippen LogP contribution in [0.25, 0.3) is 10.4 Å². The van der Waals surface area contributed by atoms with Gasteiger partial charge in [0.05, 0.1) is 11.6 Å². The molecule has 2 rings (SSSR count). The molecule has 0 aromatic heterocycles. The van der Waals surface area contributed by atoms with E-state index in [1.807, 2.05) is 0 Å². The lowest BCUT2D eigenvalue weighted by Gasteiger charge is -2.27. The van der Waals surface area contributed by atoms with E-state index in [0.29, 0.717) is 6.42 Å². The van der Waals surface area contributed by atoms with Crippen molar-refractivity contribution >= 4 is 0 Å². The van der Waals surface area contributed by atoms with Crippen LogP contribution >= 0.6 is 0 Å². The Kier molecular flexibility index (Phi) is 1.46. The van der Waals surface area contributed by atoms with Crippen LogP contribution in [0.4, 0.5) is 4.39 Å². The summed E-state index contributed by atoms with van der Waals surface area (Å²) in [6, 6.07) is 0. The highest BCUT2D eigenvalue weighted by molar-refractivity contribution is 5.26. The van der Waals surface area contributed by atoms with Gasteiger partial charge < -0.3 is 5.11 Å². The molecule has 0 unspecified atom stereocenters. The summed E-state index contributed by atoms with van der Waals surface area (Å²) >= 11 is 0. The van der Waals surface area contributed by atoms with Crippen LogP contribution in [0.5, 0.6) is 0 Å². The molecule has 0 aromatic rings. The highest BCUT2D eigenvalue weighted by atomic mass is 19.1. The predicted octanol–water partition coefficient (Wildman–Crippen LogP) is 1.79. The first-order valence-corrected chi connectivity index (χ1v) is 4.38. The molecule has 2 aliphatic carbocycles. The topological polar surface area (TPSA) is 69.0 Å². The molecule has 0 saturated heterocycles. The number of aliphatic hydroxyl groups is 1. The van der Waals surface area contributed by atoms with E-state index >= 15 is 0 Å². The van der Waals surface area contributed by atoms with E-state index in [1.54, 1.807) is 6.92 Å². The molecular formula is C8H12FN3O. The van der Waals surface area contributed by atoms with Gasteiger partial charge in [0, 0.05) is 16.7 Å². The molecular weight excluding hydrogens is 173 g/mol. The minimum atomic E-state index is -1.25. The van der Waals surface area contributed by atoms with E-state index in [1.165, 1.54) is 6.92 Å². The number of alkyl halides is 1. The number of halogens is 1. The lowest BCUT2D eigenvalue weighted by Crippen LogP contribution is -2.39. The quantitative estimate of drug-likeness (QED) is 0.377. The van der Waals surface area contributed by atoms with Gasteiger partial charge in [0.25, 0.3) is 0 Å². The van der Waals surface area contributed by atoms with E-state index in [4.69, 9.17) is 5.53 Å². The van der Waals surface area contributed by atoms with Crippen LogP contribution in [0, 0.1) is 11.8 Å². The number of aliphatic hydroxyl groups excluding tert-OH is 1. The largest absolute Gasteiger partial charge is 0.392 e. The normalized spacial score (nSPS) is 58.3. The third-order valence-electron chi connectivity index (χ3n) is 3.67. The Labute approximate surface area is 75.4 Å². The molecule has 0 aliphatic heterocycles. The number of azide groups is 1. The average Bonchev–Trinajstić information content (AvgIpc) is 2.40. The van der Waals surface area contributed by atoms with E-state index in [0.717, 1.165) is 0 Å². The molecule has 0 bridgehead atoms. The van der Waals surface area contributed by atoms with Gasteiger partial charge in [-0.15, -0.1) is 0 Å². The summed E-state index contributed by atoms with van der Waals surface area (Å²) in [5.74, 6) is -0.427. The van der Waals surface area contributed by atoms with Crippen molar-refractivity contribution in [1.82, 2.24) is 0 Å². The van der Waals surface area contributed by atoms with E-state index < -0.39 is 17.3 Å². The second-order valence-electron chi connectivity index (χ2n) is 4.40. The zero-order valence-corrected chi connectivity index (χ0v) is 7.61. The van der Waals surface area contributed by atoms with Crippen molar-refractivity contribution in [3.63, 3.8) is 0 Å². The van der Waals surface area contributed by atoms with Crippen LogP contribution in [0.1, 0.15) is 20.3 Å². The molecule has 0 heterocycles. The summed E-state index contributed by atoms with van der Waals surface area (Å²) in [6.07, 6.45) is -0.282. The maximum atomic E-state index is 13.6. The summed E-state index contributed by atoms with van der Waals surface area (Å²) in [5, 5.41) is 13.1. The fraction of sp³-hybridized carbons (Fsp3) is 1.00. The van der Waals surface area contributed by atoms with Gasteiger partial charge >= 0.3 is 0 Å². The molecule has 2 saturated carbocycles. The highest BCUT2D eigenvalue weighted by Gasteiger charge is 2.75. The van der Waals surface area contributed by atoms with E-state index in [9.17, 15) is 9.50 Å². The van der Waals surface area contributed by atoms with Crippen molar-refractivity contribution < 1.29 is 9.50 Å². The zero-order valence-electron chi connectivity index (χ0n) is 7.61. The number of hydrogen-bond acceptors (Lipinski definition) is 2. The third-order valence-corrected chi connectivity index (χ3v) is 3.67. The van der Waals surface area contributed by atoms with Crippen LogP contribution in [0.3, 0.4) is 0 Å². The van der Waals surface area contributed by atoms with E-state index in [2.05, 4.69) is 10.0 Å². The molecule has 2 aliphatic rings. The molecule has 0 amide bonds. The van der Waals surface area contributed by atoms with Crippen LogP contribution in [-0.4, -0.2) is 22.4 Å². The molecule has 5 atom stereocenters. The lowest BCUT2D eigenvalue weighted by atomic mass is 9.91. The first kappa shape index (κ1) is 8.78. The summed E-state index contributed by atoms with van der Waals surface area (Å²) in [6.45, 7) is 3.15. The summed E-state index contributed by atoms with van der Waals surface area (Å²) in [5.41, 5.74) is 6.15. The molecule has 0 aromatic carbocycles. The summed E-state index contributed by atoms with van der Waals surface area (Å²) < 4.78 is 13.6. The van der Waals surface area contributed by atoms with Gasteiger partial charge in [-0.1, -0.05) is 12.0 Å². The Bertz CT molecular complexity index is 300. The Morgan fingerprint density at radius 1 is 1.62 bits per heavy atom. The molecule has 72 valence electrons. The second-order valence-corrected chi connectivity index (χ2v) is 4.40. The molecule has 0 radical (unpaired) electrons. The van der Waals surface area contributed by atoms with Gasteiger partial charge in [0.1, 0.15) is 5.67 Å². The molecule has 2 fully saturated rings. The van der Waals surface area contributed by atoms with Gasteiger partial charge in [-0.2, -0.15) is 0 Å². The first-order chi connectivity index (χ1) is 5.94. The van der Waals surface area contributed by atoms with E-state index in [-0.39, 0.29) is 11.8 Å². The van der Waals surface area contributed by atoms with Crippen LogP contribution < -0.4 is 0 Å². The van der Waals surface area contributed by atoms with Crippen molar-refractivity contribution in [2.75, 3.05) is 0 Å². The predicted molar refractivity (Wildman–Crippen MR) is 44.7 cm³/mol. The second kappa shape index (κ2) is 2.16. The number of rotatable bonds is 1. The standard InChI is InChI=1S/C8H12FN3O/c1-7(9)4-3-5(13)8(2,6(4)7)11-12-10/h4-6,13H,3H2,1-2H3/t4-,5+,6+,7-,8+/m1/s1. The molecule has 13 heavy (non-hydrogen) atoms. The summed E-state index contributed by atoms with van der Waals surface area (Å²) in [7, 11) is 0. The minimum absolute atomic E-state index is 0.127. The number of hydrogen-bond donors (Lipinski definition) is 1. The zero-order chi connectivity index (χ0) is 9.85.